The lowest BCUT2D eigenvalue weighted by atomic mass is 10.0. The van der Waals surface area contributed by atoms with Crippen molar-refractivity contribution in [1.29, 1.82) is 0 Å². The Morgan fingerprint density at radius 3 is 2.71 bits per heavy atom. The van der Waals surface area contributed by atoms with Gasteiger partial charge in [-0.1, -0.05) is 30.3 Å². The van der Waals surface area contributed by atoms with Crippen LogP contribution in [0.3, 0.4) is 0 Å². The smallest absolute Gasteiger partial charge is 0.264 e. The van der Waals surface area contributed by atoms with Crippen LogP contribution < -0.4 is 10.1 Å². The molecule has 0 aromatic heterocycles. The molecule has 7 nitrogen and oxygen atoms in total. The van der Waals surface area contributed by atoms with Gasteiger partial charge in [0.1, 0.15) is 5.75 Å². The van der Waals surface area contributed by atoms with Crippen LogP contribution in [-0.4, -0.2) is 65.6 Å². The second-order valence-corrected chi connectivity index (χ2v) is 8.39. The number of amides is 2. The molecule has 2 aliphatic rings. The number of likely N-dealkylation sites (tertiary alicyclic amines) is 1. The average molecular weight is 424 g/mol. The van der Waals surface area contributed by atoms with E-state index in [0.717, 1.165) is 24.1 Å². The first-order valence-electron chi connectivity index (χ1n) is 10.7. The third kappa shape index (κ3) is 4.89. The lowest BCUT2D eigenvalue weighted by Gasteiger charge is -2.33. The third-order valence-corrected chi connectivity index (χ3v) is 6.01. The van der Waals surface area contributed by atoms with Crippen LogP contribution in [0.5, 0.6) is 5.75 Å². The number of ether oxygens (including phenoxy) is 1. The van der Waals surface area contributed by atoms with Crippen LogP contribution in [0.15, 0.2) is 48.5 Å². The van der Waals surface area contributed by atoms with Crippen molar-refractivity contribution in [2.24, 2.45) is 0 Å². The Labute approximate surface area is 182 Å². The van der Waals surface area contributed by atoms with Crippen LogP contribution in [0.2, 0.25) is 0 Å². The minimum atomic E-state index is -0.594. The van der Waals surface area contributed by atoms with Gasteiger partial charge in [0.05, 0.1) is 12.1 Å². The number of hydrogen-bond acceptors (Lipinski definition) is 5. The van der Waals surface area contributed by atoms with E-state index in [-0.39, 0.29) is 24.0 Å². The van der Waals surface area contributed by atoms with E-state index in [4.69, 9.17) is 4.74 Å². The molecule has 2 aliphatic heterocycles. The van der Waals surface area contributed by atoms with Crippen molar-refractivity contribution in [3.8, 4) is 5.75 Å². The molecule has 1 saturated heterocycles. The van der Waals surface area contributed by atoms with E-state index in [1.165, 1.54) is 6.92 Å². The summed E-state index contributed by atoms with van der Waals surface area (Å²) in [7, 11) is 1.82. The van der Waals surface area contributed by atoms with Crippen LogP contribution in [0.4, 0.5) is 5.69 Å². The zero-order chi connectivity index (χ0) is 22.0. The molecule has 164 valence electrons. The molecule has 3 unspecified atom stereocenters. The van der Waals surface area contributed by atoms with E-state index < -0.39 is 6.10 Å². The molecule has 7 heteroatoms. The van der Waals surface area contributed by atoms with E-state index in [9.17, 15) is 14.7 Å². The molecule has 0 saturated carbocycles. The second kappa shape index (κ2) is 9.08. The van der Waals surface area contributed by atoms with Crippen molar-refractivity contribution in [3.05, 3.63) is 59.7 Å². The molecule has 3 atom stereocenters. The fourth-order valence-corrected chi connectivity index (χ4v) is 4.40. The van der Waals surface area contributed by atoms with Crippen molar-refractivity contribution in [2.75, 3.05) is 32.0 Å². The number of fused-ring (bicyclic) bond motifs is 1. The topological polar surface area (TPSA) is 82.1 Å². The molecule has 0 radical (unpaired) electrons. The van der Waals surface area contributed by atoms with E-state index in [1.54, 1.807) is 17.0 Å². The Balaban J connectivity index is 1.49. The zero-order valence-electron chi connectivity index (χ0n) is 18.0. The van der Waals surface area contributed by atoms with Gasteiger partial charge in [-0.2, -0.15) is 0 Å². The molecule has 0 bridgehead atoms. The van der Waals surface area contributed by atoms with Gasteiger partial charge in [0, 0.05) is 51.3 Å². The zero-order valence-corrected chi connectivity index (χ0v) is 18.0. The first kappa shape index (κ1) is 21.3. The molecule has 4 rings (SSSR count). The molecule has 1 fully saturated rings. The van der Waals surface area contributed by atoms with Crippen LogP contribution in [-0.2, 0) is 16.0 Å². The summed E-state index contributed by atoms with van der Waals surface area (Å²) in [6.45, 7) is 3.58. The Morgan fingerprint density at radius 1 is 1.26 bits per heavy atom. The van der Waals surface area contributed by atoms with E-state index in [0.29, 0.717) is 30.9 Å². The Kier molecular flexibility index (Phi) is 6.25. The number of aliphatic hydroxyl groups excluding tert-OH is 1. The number of carbonyl (C=O) groups is 2. The summed E-state index contributed by atoms with van der Waals surface area (Å²) in [5.41, 5.74) is 2.67. The van der Waals surface area contributed by atoms with Gasteiger partial charge in [0.15, 0.2) is 6.10 Å². The van der Waals surface area contributed by atoms with Gasteiger partial charge in [-0.25, -0.2) is 0 Å². The van der Waals surface area contributed by atoms with Gasteiger partial charge < -0.3 is 20.1 Å². The summed E-state index contributed by atoms with van der Waals surface area (Å²) in [6, 6.07) is 15.3. The normalized spacial score (nSPS) is 21.3. The van der Waals surface area contributed by atoms with E-state index >= 15 is 0 Å². The molecule has 2 heterocycles. The molecule has 0 spiro atoms. The number of rotatable bonds is 6. The molecule has 0 aliphatic carbocycles. The first-order chi connectivity index (χ1) is 14.9. The standard InChI is InChI=1S/C24H29N3O4/c1-16(28)25-19-8-9-22-18(12-19)13-23(31-22)24(30)26(2)21(17-6-4-3-5-7-17)15-27-11-10-20(29)14-27/h3-9,12,20-21,23,29H,10-11,13-15H2,1-2H3,(H,25,28). The first-order valence-corrected chi connectivity index (χ1v) is 10.7. The third-order valence-electron chi connectivity index (χ3n) is 6.01. The number of likely N-dealkylation sites (N-methyl/N-ethyl adjacent to an activating group) is 1. The number of nitrogens with one attached hydrogen (secondary N) is 1. The second-order valence-electron chi connectivity index (χ2n) is 8.39. The maximum absolute atomic E-state index is 13.4. The summed E-state index contributed by atoms with van der Waals surface area (Å²) in [4.78, 5) is 28.7. The molecule has 2 N–H and O–H groups in total. The van der Waals surface area contributed by atoms with Crippen LogP contribution >= 0.6 is 0 Å². The van der Waals surface area contributed by atoms with Crippen molar-refractivity contribution in [2.45, 2.75) is 38.0 Å². The lowest BCUT2D eigenvalue weighted by molar-refractivity contribution is -0.139. The van der Waals surface area contributed by atoms with Crippen molar-refractivity contribution >= 4 is 17.5 Å². The minimum Gasteiger partial charge on any atom is -0.480 e. The number of aliphatic hydroxyl groups is 1. The minimum absolute atomic E-state index is 0.0779. The molecule has 31 heavy (non-hydrogen) atoms. The highest BCUT2D eigenvalue weighted by molar-refractivity contribution is 5.89. The fraction of sp³-hybridized carbons (Fsp3) is 0.417. The van der Waals surface area contributed by atoms with Gasteiger partial charge in [0.2, 0.25) is 5.91 Å². The summed E-state index contributed by atoms with van der Waals surface area (Å²) in [5, 5.41) is 12.7. The molecule has 2 aromatic rings. The predicted octanol–water partition coefficient (Wildman–Crippen LogP) is 2.21. The Morgan fingerprint density at radius 2 is 2.03 bits per heavy atom. The molecule has 2 amide bonds. The van der Waals surface area contributed by atoms with Gasteiger partial charge >= 0.3 is 0 Å². The Bertz CT molecular complexity index is 949. The van der Waals surface area contributed by atoms with Crippen LogP contribution in [0, 0.1) is 0 Å². The monoisotopic (exact) mass is 423 g/mol. The van der Waals surface area contributed by atoms with Gasteiger partial charge in [0.25, 0.3) is 5.91 Å². The van der Waals surface area contributed by atoms with Gasteiger partial charge in [-0.05, 0) is 30.2 Å². The predicted molar refractivity (Wildman–Crippen MR) is 118 cm³/mol. The maximum Gasteiger partial charge on any atom is 0.264 e. The number of benzene rings is 2. The summed E-state index contributed by atoms with van der Waals surface area (Å²) in [5.74, 6) is 0.467. The summed E-state index contributed by atoms with van der Waals surface area (Å²) >= 11 is 0. The number of anilines is 1. The summed E-state index contributed by atoms with van der Waals surface area (Å²) in [6.07, 6.45) is 0.332. The number of hydrogen-bond donors (Lipinski definition) is 2. The average Bonchev–Trinajstić information content (AvgIpc) is 3.36. The van der Waals surface area contributed by atoms with Crippen LogP contribution in [0.25, 0.3) is 0 Å². The van der Waals surface area contributed by atoms with E-state index in [1.807, 2.05) is 43.4 Å². The maximum atomic E-state index is 13.4. The SMILES string of the molecule is CC(=O)Nc1ccc2c(c1)CC(C(=O)N(C)C(CN1CCC(O)C1)c1ccccc1)O2. The molecule has 2 aromatic carbocycles. The lowest BCUT2D eigenvalue weighted by Crippen LogP contribution is -2.44. The largest absolute Gasteiger partial charge is 0.480 e. The number of β-amino-alcohol motifs (C(OH)–C–C–N with tert-alkyl or cyclic N) is 1. The van der Waals surface area contributed by atoms with Gasteiger partial charge in [-0.3, -0.25) is 14.5 Å². The van der Waals surface area contributed by atoms with Crippen LogP contribution in [0.1, 0.15) is 30.5 Å². The Hall–Kier alpha value is -2.90. The quantitative estimate of drug-likeness (QED) is 0.745. The highest BCUT2D eigenvalue weighted by atomic mass is 16.5. The summed E-state index contributed by atoms with van der Waals surface area (Å²) < 4.78 is 5.97. The van der Waals surface area contributed by atoms with Crippen molar-refractivity contribution in [1.82, 2.24) is 9.80 Å². The number of carbonyl (C=O) groups excluding carboxylic acids is 2. The van der Waals surface area contributed by atoms with Gasteiger partial charge in [-0.15, -0.1) is 0 Å². The van der Waals surface area contributed by atoms with Crippen molar-refractivity contribution < 1.29 is 19.4 Å². The van der Waals surface area contributed by atoms with Crippen molar-refractivity contribution in [3.63, 3.8) is 0 Å². The molecular formula is C24H29N3O4. The van der Waals surface area contributed by atoms with E-state index in [2.05, 4.69) is 10.2 Å². The number of nitrogens with zero attached hydrogens (tertiary/aromatic N) is 2. The highest BCUT2D eigenvalue weighted by Gasteiger charge is 2.35. The highest BCUT2D eigenvalue weighted by Crippen LogP contribution is 2.33. The fourth-order valence-electron chi connectivity index (χ4n) is 4.40. The molecular weight excluding hydrogens is 394 g/mol.